The second kappa shape index (κ2) is 6.87. The highest BCUT2D eigenvalue weighted by Crippen LogP contribution is 2.20. The van der Waals surface area contributed by atoms with Crippen LogP contribution in [-0.4, -0.2) is 12.6 Å². The molecule has 0 saturated carbocycles. The average Bonchev–Trinajstić information content (AvgIpc) is 2.21. The van der Waals surface area contributed by atoms with Gasteiger partial charge in [-0.1, -0.05) is 31.5 Å². The molecule has 1 rings (SSSR count). The third-order valence-electron chi connectivity index (χ3n) is 2.47. The van der Waals surface area contributed by atoms with Crippen LogP contribution in [0.15, 0.2) is 18.2 Å². The van der Waals surface area contributed by atoms with Gasteiger partial charge in [-0.05, 0) is 37.9 Å². The molecule has 3 heteroatoms. The molecule has 0 radical (unpaired) electrons. The van der Waals surface area contributed by atoms with Gasteiger partial charge >= 0.3 is 0 Å². The molecule has 90 valence electrons. The van der Waals surface area contributed by atoms with E-state index in [9.17, 15) is 4.39 Å². The molecule has 1 nitrogen and oxygen atoms in total. The highest BCUT2D eigenvalue weighted by molar-refractivity contribution is 6.31. The first kappa shape index (κ1) is 13.5. The van der Waals surface area contributed by atoms with Crippen molar-refractivity contribution >= 4 is 11.6 Å². The monoisotopic (exact) mass is 243 g/mol. The van der Waals surface area contributed by atoms with E-state index in [4.69, 9.17) is 11.6 Å². The Morgan fingerprint density at radius 1 is 1.31 bits per heavy atom. The molecule has 0 atom stereocenters. The van der Waals surface area contributed by atoms with Gasteiger partial charge in [0.25, 0.3) is 0 Å². The summed E-state index contributed by atoms with van der Waals surface area (Å²) in [6.07, 6.45) is 2.72. The van der Waals surface area contributed by atoms with Crippen LogP contribution in [0.5, 0.6) is 0 Å². The molecular weight excluding hydrogens is 225 g/mol. The van der Waals surface area contributed by atoms with Crippen LogP contribution in [0.2, 0.25) is 5.02 Å². The van der Waals surface area contributed by atoms with Crippen LogP contribution in [0.25, 0.3) is 0 Å². The van der Waals surface area contributed by atoms with Crippen LogP contribution in [0.1, 0.15) is 32.3 Å². The summed E-state index contributed by atoms with van der Waals surface area (Å²) in [5.41, 5.74) is 0.647. The summed E-state index contributed by atoms with van der Waals surface area (Å²) in [6.45, 7) is 5.21. The minimum absolute atomic E-state index is 0.190. The van der Waals surface area contributed by atoms with E-state index in [0.29, 0.717) is 23.0 Å². The van der Waals surface area contributed by atoms with E-state index < -0.39 is 0 Å². The van der Waals surface area contributed by atoms with Crippen molar-refractivity contribution in [3.05, 3.63) is 34.6 Å². The second-order valence-electron chi connectivity index (χ2n) is 4.27. The molecule has 0 amide bonds. The lowest BCUT2D eigenvalue weighted by atomic mass is 10.1. The van der Waals surface area contributed by atoms with Crippen molar-refractivity contribution in [2.75, 3.05) is 6.54 Å². The number of nitrogens with one attached hydrogen (secondary N) is 1. The Morgan fingerprint density at radius 3 is 2.69 bits per heavy atom. The third kappa shape index (κ3) is 4.50. The summed E-state index contributed by atoms with van der Waals surface area (Å²) < 4.78 is 13.4. The van der Waals surface area contributed by atoms with Gasteiger partial charge in [0.1, 0.15) is 5.82 Å². The lowest BCUT2D eigenvalue weighted by Crippen LogP contribution is -2.23. The maximum absolute atomic E-state index is 13.4. The van der Waals surface area contributed by atoms with Crippen LogP contribution in [-0.2, 0) is 6.42 Å². The molecule has 0 aliphatic heterocycles. The Bertz CT molecular complexity index is 305. The Kier molecular flexibility index (Phi) is 5.78. The van der Waals surface area contributed by atoms with E-state index in [1.54, 1.807) is 12.1 Å². The van der Waals surface area contributed by atoms with Gasteiger partial charge in [-0.2, -0.15) is 0 Å². The largest absolute Gasteiger partial charge is 0.315 e. The summed E-state index contributed by atoms with van der Waals surface area (Å²) in [6, 6.07) is 5.36. The van der Waals surface area contributed by atoms with Crippen LogP contribution < -0.4 is 5.32 Å². The summed E-state index contributed by atoms with van der Waals surface area (Å²) in [5, 5.41) is 3.87. The smallest absolute Gasteiger partial charge is 0.127 e. The summed E-state index contributed by atoms with van der Waals surface area (Å²) in [7, 11) is 0. The number of unbranched alkanes of at least 4 members (excludes halogenated alkanes) is 1. The predicted molar refractivity (Wildman–Crippen MR) is 67.5 cm³/mol. The zero-order valence-electron chi connectivity index (χ0n) is 9.89. The molecule has 0 saturated heterocycles. The molecule has 1 aromatic rings. The van der Waals surface area contributed by atoms with E-state index in [2.05, 4.69) is 19.2 Å². The number of benzene rings is 1. The lowest BCUT2D eigenvalue weighted by Gasteiger charge is -2.08. The zero-order valence-corrected chi connectivity index (χ0v) is 10.6. The quantitative estimate of drug-likeness (QED) is 0.750. The molecule has 0 aromatic heterocycles. The number of rotatable bonds is 6. The predicted octanol–water partition coefficient (Wildman–Crippen LogP) is 3.80. The summed E-state index contributed by atoms with van der Waals surface area (Å²) in [5.74, 6) is -0.190. The van der Waals surface area contributed by atoms with Crippen molar-refractivity contribution in [3.8, 4) is 0 Å². The van der Waals surface area contributed by atoms with Gasteiger partial charge in [-0.3, -0.25) is 0 Å². The molecule has 0 bridgehead atoms. The molecule has 0 aliphatic rings. The summed E-state index contributed by atoms with van der Waals surface area (Å²) >= 11 is 5.94. The van der Waals surface area contributed by atoms with Crippen LogP contribution in [0, 0.1) is 5.82 Å². The molecule has 0 fully saturated rings. The molecule has 1 aromatic carbocycles. The van der Waals surface area contributed by atoms with Crippen molar-refractivity contribution < 1.29 is 4.39 Å². The molecule has 16 heavy (non-hydrogen) atoms. The molecule has 1 N–H and O–H groups in total. The van der Waals surface area contributed by atoms with Gasteiger partial charge in [0.2, 0.25) is 0 Å². The Morgan fingerprint density at radius 2 is 2.06 bits per heavy atom. The summed E-state index contributed by atoms with van der Waals surface area (Å²) in [4.78, 5) is 0. The van der Waals surface area contributed by atoms with Crippen molar-refractivity contribution in [2.45, 2.75) is 39.2 Å². The lowest BCUT2D eigenvalue weighted by molar-refractivity contribution is 0.550. The van der Waals surface area contributed by atoms with Gasteiger partial charge in [0, 0.05) is 16.6 Å². The van der Waals surface area contributed by atoms with E-state index >= 15 is 0 Å². The fourth-order valence-electron chi connectivity index (χ4n) is 1.59. The SMILES string of the molecule is CC(C)NCCCCc1c(F)cccc1Cl. The molecule has 0 heterocycles. The van der Waals surface area contributed by atoms with Crippen molar-refractivity contribution in [1.82, 2.24) is 5.32 Å². The first-order chi connectivity index (χ1) is 7.61. The fraction of sp³-hybridized carbons (Fsp3) is 0.538. The molecule has 0 spiro atoms. The van der Waals surface area contributed by atoms with Gasteiger partial charge in [0.05, 0.1) is 0 Å². The molecule has 0 unspecified atom stereocenters. The van der Waals surface area contributed by atoms with Crippen molar-refractivity contribution in [2.24, 2.45) is 0 Å². The van der Waals surface area contributed by atoms with Gasteiger partial charge < -0.3 is 5.32 Å². The van der Waals surface area contributed by atoms with E-state index in [1.165, 1.54) is 6.07 Å². The average molecular weight is 244 g/mol. The number of hydrogen-bond acceptors (Lipinski definition) is 1. The van der Waals surface area contributed by atoms with Crippen molar-refractivity contribution in [1.29, 1.82) is 0 Å². The first-order valence-corrected chi connectivity index (χ1v) is 6.15. The highest BCUT2D eigenvalue weighted by atomic mass is 35.5. The maximum atomic E-state index is 13.4. The Hall–Kier alpha value is -0.600. The topological polar surface area (TPSA) is 12.0 Å². The van der Waals surface area contributed by atoms with Crippen LogP contribution in [0.4, 0.5) is 4.39 Å². The van der Waals surface area contributed by atoms with Gasteiger partial charge in [-0.25, -0.2) is 4.39 Å². The standard InChI is InChI=1S/C13H19ClFN/c1-10(2)16-9-4-3-6-11-12(14)7-5-8-13(11)15/h5,7-8,10,16H,3-4,6,9H2,1-2H3. The number of hydrogen-bond donors (Lipinski definition) is 1. The van der Waals surface area contributed by atoms with Crippen LogP contribution >= 0.6 is 11.6 Å². The Balaban J connectivity index is 2.32. The van der Waals surface area contributed by atoms with Gasteiger partial charge in [-0.15, -0.1) is 0 Å². The first-order valence-electron chi connectivity index (χ1n) is 5.77. The van der Waals surface area contributed by atoms with Crippen molar-refractivity contribution in [3.63, 3.8) is 0 Å². The maximum Gasteiger partial charge on any atom is 0.127 e. The highest BCUT2D eigenvalue weighted by Gasteiger charge is 2.05. The van der Waals surface area contributed by atoms with E-state index in [1.807, 2.05) is 0 Å². The van der Waals surface area contributed by atoms with E-state index in [-0.39, 0.29) is 5.82 Å². The molecule has 0 aliphatic carbocycles. The fourth-order valence-corrected chi connectivity index (χ4v) is 1.85. The minimum Gasteiger partial charge on any atom is -0.315 e. The van der Waals surface area contributed by atoms with E-state index in [0.717, 1.165) is 19.4 Å². The Labute approximate surface area is 102 Å². The number of halogens is 2. The van der Waals surface area contributed by atoms with Gasteiger partial charge in [0.15, 0.2) is 0 Å². The minimum atomic E-state index is -0.190. The second-order valence-corrected chi connectivity index (χ2v) is 4.67. The third-order valence-corrected chi connectivity index (χ3v) is 2.82. The normalized spacial score (nSPS) is 11.1. The zero-order chi connectivity index (χ0) is 12.0. The van der Waals surface area contributed by atoms with Crippen LogP contribution in [0.3, 0.4) is 0 Å². The molecular formula is C13H19ClFN.